The van der Waals surface area contributed by atoms with Crippen molar-refractivity contribution in [3.63, 3.8) is 0 Å². The maximum atomic E-state index is 12.6. The van der Waals surface area contributed by atoms with Crippen LogP contribution >= 0.6 is 0 Å². The van der Waals surface area contributed by atoms with Crippen molar-refractivity contribution >= 4 is 11.8 Å². The van der Waals surface area contributed by atoms with Gasteiger partial charge in [0.15, 0.2) is 0 Å². The Labute approximate surface area is 122 Å². The molecule has 1 heterocycles. The van der Waals surface area contributed by atoms with Crippen LogP contribution in [0.15, 0.2) is 0 Å². The second kappa shape index (κ2) is 7.62. The molecule has 0 saturated carbocycles. The molecule has 0 aromatic carbocycles. The summed E-state index contributed by atoms with van der Waals surface area (Å²) in [5, 5.41) is 2.87. The summed E-state index contributed by atoms with van der Waals surface area (Å²) in [6, 6.07) is -0.863. The van der Waals surface area contributed by atoms with Crippen molar-refractivity contribution in [2.24, 2.45) is 5.92 Å². The lowest BCUT2D eigenvalue weighted by Gasteiger charge is -2.44. The van der Waals surface area contributed by atoms with Gasteiger partial charge < -0.3 is 15.0 Å². The molecule has 2 amide bonds. The Morgan fingerprint density at radius 1 is 1.25 bits per heavy atom. The molecule has 0 aliphatic carbocycles. The first-order valence-corrected chi connectivity index (χ1v) is 7.64. The van der Waals surface area contributed by atoms with Gasteiger partial charge >= 0.3 is 0 Å². The van der Waals surface area contributed by atoms with E-state index in [0.717, 1.165) is 6.42 Å². The molecule has 0 aromatic heterocycles. The Kier molecular flexibility index (Phi) is 6.46. The zero-order valence-corrected chi connectivity index (χ0v) is 13.3. The van der Waals surface area contributed by atoms with Gasteiger partial charge in [0.25, 0.3) is 0 Å². The van der Waals surface area contributed by atoms with Crippen molar-refractivity contribution in [2.75, 3.05) is 13.2 Å². The minimum absolute atomic E-state index is 0.0253. The number of ether oxygens (including phenoxy) is 1. The molecule has 1 aliphatic rings. The summed E-state index contributed by atoms with van der Waals surface area (Å²) in [7, 11) is 0. The zero-order valence-electron chi connectivity index (χ0n) is 13.3. The lowest BCUT2D eigenvalue weighted by molar-refractivity contribution is -0.155. The van der Waals surface area contributed by atoms with E-state index in [2.05, 4.69) is 5.32 Å². The van der Waals surface area contributed by atoms with Crippen molar-refractivity contribution < 1.29 is 14.3 Å². The Morgan fingerprint density at radius 2 is 1.90 bits per heavy atom. The third-order valence-electron chi connectivity index (χ3n) is 3.68. The van der Waals surface area contributed by atoms with Crippen LogP contribution in [-0.4, -0.2) is 48.1 Å². The van der Waals surface area contributed by atoms with Crippen LogP contribution in [0.3, 0.4) is 0 Å². The van der Waals surface area contributed by atoms with E-state index in [1.165, 1.54) is 0 Å². The molecule has 0 aromatic rings. The highest BCUT2D eigenvalue weighted by atomic mass is 16.5. The van der Waals surface area contributed by atoms with Gasteiger partial charge in [0, 0.05) is 6.61 Å². The van der Waals surface area contributed by atoms with E-state index in [1.54, 1.807) is 4.90 Å². The van der Waals surface area contributed by atoms with Crippen LogP contribution < -0.4 is 5.32 Å². The van der Waals surface area contributed by atoms with Gasteiger partial charge in [-0.15, -0.1) is 0 Å². The van der Waals surface area contributed by atoms with E-state index in [-0.39, 0.29) is 29.8 Å². The first kappa shape index (κ1) is 17.0. The number of piperazine rings is 1. The van der Waals surface area contributed by atoms with Gasteiger partial charge in [0.1, 0.15) is 12.1 Å². The van der Waals surface area contributed by atoms with Crippen LogP contribution in [-0.2, 0) is 14.3 Å². The van der Waals surface area contributed by atoms with Crippen LogP contribution in [0.4, 0.5) is 0 Å². The molecular formula is C15H28N2O3. The Bertz CT molecular complexity index is 344. The SMILES string of the molecule is CCCC1NC(=O)C(C(C)C)N(C(C)COCC)C1=O. The van der Waals surface area contributed by atoms with Crippen LogP contribution in [0, 0.1) is 5.92 Å². The molecule has 5 heteroatoms. The van der Waals surface area contributed by atoms with Crippen molar-refractivity contribution in [3.8, 4) is 0 Å². The lowest BCUT2D eigenvalue weighted by atomic mass is 9.94. The fourth-order valence-corrected chi connectivity index (χ4v) is 2.73. The Morgan fingerprint density at radius 3 is 2.40 bits per heavy atom. The molecule has 3 unspecified atom stereocenters. The minimum Gasteiger partial charge on any atom is -0.380 e. The third-order valence-corrected chi connectivity index (χ3v) is 3.68. The normalized spacial score (nSPS) is 25.0. The molecule has 1 aliphatic heterocycles. The smallest absolute Gasteiger partial charge is 0.246 e. The predicted octanol–water partition coefficient (Wildman–Crippen LogP) is 1.56. The first-order valence-electron chi connectivity index (χ1n) is 7.64. The summed E-state index contributed by atoms with van der Waals surface area (Å²) >= 11 is 0. The predicted molar refractivity (Wildman–Crippen MR) is 78.3 cm³/mol. The fraction of sp³-hybridized carbons (Fsp3) is 0.867. The van der Waals surface area contributed by atoms with Crippen LogP contribution in [0.25, 0.3) is 0 Å². The standard InChI is InChI=1S/C15H28N2O3/c1-6-8-12-15(19)17(11(5)9-20-7-2)13(10(3)4)14(18)16-12/h10-13H,6-9H2,1-5H3,(H,16,18). The number of rotatable bonds is 7. The second-order valence-corrected chi connectivity index (χ2v) is 5.79. The molecule has 0 spiro atoms. The van der Waals surface area contributed by atoms with Gasteiger partial charge in [0.2, 0.25) is 11.8 Å². The molecule has 0 radical (unpaired) electrons. The molecule has 1 fully saturated rings. The first-order chi connectivity index (χ1) is 9.43. The van der Waals surface area contributed by atoms with Crippen molar-refractivity contribution in [2.45, 2.75) is 65.6 Å². The molecule has 116 valence electrons. The Balaban J connectivity index is 2.95. The zero-order chi connectivity index (χ0) is 15.3. The minimum atomic E-state index is -0.397. The quantitative estimate of drug-likeness (QED) is 0.772. The van der Waals surface area contributed by atoms with E-state index in [1.807, 2.05) is 34.6 Å². The summed E-state index contributed by atoms with van der Waals surface area (Å²) in [6.07, 6.45) is 1.56. The molecular weight excluding hydrogens is 256 g/mol. The molecule has 1 saturated heterocycles. The number of carbonyl (C=O) groups is 2. The van der Waals surface area contributed by atoms with E-state index >= 15 is 0 Å². The van der Waals surface area contributed by atoms with E-state index < -0.39 is 6.04 Å². The van der Waals surface area contributed by atoms with Gasteiger partial charge in [-0.2, -0.15) is 0 Å². The number of nitrogens with one attached hydrogen (secondary N) is 1. The summed E-state index contributed by atoms with van der Waals surface area (Å²) in [6.45, 7) is 10.9. The number of hydrogen-bond acceptors (Lipinski definition) is 3. The number of nitrogens with zero attached hydrogens (tertiary/aromatic N) is 1. The van der Waals surface area contributed by atoms with Gasteiger partial charge in [-0.1, -0.05) is 27.2 Å². The maximum Gasteiger partial charge on any atom is 0.246 e. The average Bonchev–Trinajstić information content (AvgIpc) is 2.39. The van der Waals surface area contributed by atoms with Crippen molar-refractivity contribution in [1.29, 1.82) is 0 Å². The lowest BCUT2D eigenvalue weighted by Crippen LogP contribution is -2.67. The van der Waals surface area contributed by atoms with Crippen molar-refractivity contribution in [1.82, 2.24) is 10.2 Å². The maximum absolute atomic E-state index is 12.6. The molecule has 1 N–H and O–H groups in total. The fourth-order valence-electron chi connectivity index (χ4n) is 2.73. The number of hydrogen-bond donors (Lipinski definition) is 1. The van der Waals surface area contributed by atoms with Crippen LogP contribution in [0.2, 0.25) is 0 Å². The third kappa shape index (κ3) is 3.72. The van der Waals surface area contributed by atoms with Gasteiger partial charge in [0.05, 0.1) is 12.6 Å². The monoisotopic (exact) mass is 284 g/mol. The summed E-state index contributed by atoms with van der Waals surface area (Å²) in [5.41, 5.74) is 0. The Hall–Kier alpha value is -1.10. The van der Waals surface area contributed by atoms with E-state index in [0.29, 0.717) is 19.6 Å². The van der Waals surface area contributed by atoms with Gasteiger partial charge in [-0.05, 0) is 26.2 Å². The molecule has 5 nitrogen and oxygen atoms in total. The van der Waals surface area contributed by atoms with E-state index in [4.69, 9.17) is 4.74 Å². The largest absolute Gasteiger partial charge is 0.380 e. The summed E-state index contributed by atoms with van der Waals surface area (Å²) in [5.74, 6) is 0.0735. The topological polar surface area (TPSA) is 58.6 Å². The van der Waals surface area contributed by atoms with Gasteiger partial charge in [-0.3, -0.25) is 9.59 Å². The molecule has 1 rings (SSSR count). The average molecular weight is 284 g/mol. The van der Waals surface area contributed by atoms with Gasteiger partial charge in [-0.25, -0.2) is 0 Å². The number of carbonyl (C=O) groups excluding carboxylic acids is 2. The highest BCUT2D eigenvalue weighted by Crippen LogP contribution is 2.22. The summed E-state index contributed by atoms with van der Waals surface area (Å²) < 4.78 is 5.43. The van der Waals surface area contributed by atoms with Crippen molar-refractivity contribution in [3.05, 3.63) is 0 Å². The second-order valence-electron chi connectivity index (χ2n) is 5.79. The number of amides is 2. The molecule has 0 bridgehead atoms. The van der Waals surface area contributed by atoms with Crippen LogP contribution in [0.5, 0.6) is 0 Å². The van der Waals surface area contributed by atoms with Crippen LogP contribution in [0.1, 0.15) is 47.5 Å². The highest BCUT2D eigenvalue weighted by molar-refractivity contribution is 5.97. The van der Waals surface area contributed by atoms with E-state index in [9.17, 15) is 9.59 Å². The highest BCUT2D eigenvalue weighted by Gasteiger charge is 2.43. The molecule has 3 atom stereocenters. The molecule has 20 heavy (non-hydrogen) atoms. The summed E-state index contributed by atoms with van der Waals surface area (Å²) in [4.78, 5) is 26.7.